The Balaban J connectivity index is 2.09. The van der Waals surface area contributed by atoms with Crippen LogP contribution in [0, 0.1) is 0 Å². The lowest BCUT2D eigenvalue weighted by Gasteiger charge is -2.13. The van der Waals surface area contributed by atoms with Crippen LogP contribution in [0.25, 0.3) is 0 Å². The molecular formula is C18H21NO4S. The molecule has 0 aliphatic rings. The molecule has 0 fully saturated rings. The highest BCUT2D eigenvalue weighted by molar-refractivity contribution is 7.99. The highest BCUT2D eigenvalue weighted by atomic mass is 32.2. The Kier molecular flexibility index (Phi) is 6.09. The molecule has 0 spiro atoms. The number of hydrogen-bond donors (Lipinski definition) is 2. The Bertz CT molecular complexity index is 721. The molecule has 0 bridgehead atoms. The Morgan fingerprint density at radius 3 is 2.42 bits per heavy atom. The summed E-state index contributed by atoms with van der Waals surface area (Å²) in [5.41, 5.74) is 1.01. The number of carboxylic acid groups (broad SMARTS) is 1. The van der Waals surface area contributed by atoms with E-state index in [1.807, 2.05) is 31.2 Å². The zero-order chi connectivity index (χ0) is 17.7. The van der Waals surface area contributed by atoms with Crippen LogP contribution >= 0.6 is 11.8 Å². The summed E-state index contributed by atoms with van der Waals surface area (Å²) in [6, 6.07) is 9.08. The molecule has 1 unspecified atom stereocenters. The number of furan rings is 1. The second-order valence-corrected chi connectivity index (χ2v) is 6.64. The van der Waals surface area contributed by atoms with Gasteiger partial charge < -0.3 is 14.8 Å². The number of carboxylic acids is 1. The SMILES string of the molecule is CCSc1ccc(C(C)NC(=O)c2cc(C(=O)O)c(CC)o2)cc1. The number of carbonyl (C=O) groups excluding carboxylic acids is 1. The second-order valence-electron chi connectivity index (χ2n) is 5.30. The molecule has 1 atom stereocenters. The number of aromatic carboxylic acids is 1. The van der Waals surface area contributed by atoms with Gasteiger partial charge in [0.15, 0.2) is 5.76 Å². The lowest BCUT2D eigenvalue weighted by molar-refractivity contribution is 0.0694. The normalized spacial score (nSPS) is 12.0. The molecule has 0 aliphatic carbocycles. The van der Waals surface area contributed by atoms with Gasteiger partial charge >= 0.3 is 5.97 Å². The van der Waals surface area contributed by atoms with Crippen molar-refractivity contribution in [3.8, 4) is 0 Å². The van der Waals surface area contributed by atoms with E-state index in [4.69, 9.17) is 9.52 Å². The summed E-state index contributed by atoms with van der Waals surface area (Å²) in [7, 11) is 0. The Hall–Kier alpha value is -2.21. The molecule has 2 N–H and O–H groups in total. The van der Waals surface area contributed by atoms with Crippen molar-refractivity contribution >= 4 is 23.6 Å². The first-order valence-corrected chi connectivity index (χ1v) is 8.84. The molecule has 2 rings (SSSR count). The second kappa shape index (κ2) is 8.06. The van der Waals surface area contributed by atoms with Gasteiger partial charge in [0.25, 0.3) is 5.91 Å². The molecule has 1 amide bonds. The first kappa shape index (κ1) is 18.1. The van der Waals surface area contributed by atoms with Gasteiger partial charge in [-0.05, 0) is 30.4 Å². The molecule has 2 aromatic rings. The lowest BCUT2D eigenvalue weighted by atomic mass is 10.1. The van der Waals surface area contributed by atoms with Crippen LogP contribution in [0.5, 0.6) is 0 Å². The molecule has 0 saturated heterocycles. The van der Waals surface area contributed by atoms with E-state index >= 15 is 0 Å². The van der Waals surface area contributed by atoms with Crippen molar-refractivity contribution in [2.45, 2.75) is 38.1 Å². The fraction of sp³-hybridized carbons (Fsp3) is 0.333. The maximum Gasteiger partial charge on any atom is 0.339 e. The summed E-state index contributed by atoms with van der Waals surface area (Å²) < 4.78 is 5.38. The monoisotopic (exact) mass is 347 g/mol. The van der Waals surface area contributed by atoms with Gasteiger partial charge in [0.1, 0.15) is 11.3 Å². The van der Waals surface area contributed by atoms with E-state index < -0.39 is 11.9 Å². The van der Waals surface area contributed by atoms with Gasteiger partial charge in [-0.2, -0.15) is 0 Å². The number of rotatable bonds is 7. The first-order chi connectivity index (χ1) is 11.5. The Labute approximate surface area is 145 Å². The Morgan fingerprint density at radius 2 is 1.92 bits per heavy atom. The van der Waals surface area contributed by atoms with Crippen LogP contribution in [-0.2, 0) is 6.42 Å². The van der Waals surface area contributed by atoms with Gasteiger partial charge in [-0.1, -0.05) is 26.0 Å². The summed E-state index contributed by atoms with van der Waals surface area (Å²) in [6.07, 6.45) is 0.418. The average molecular weight is 347 g/mol. The lowest BCUT2D eigenvalue weighted by Crippen LogP contribution is -2.26. The summed E-state index contributed by atoms with van der Waals surface area (Å²) in [5.74, 6) is -0.172. The van der Waals surface area contributed by atoms with E-state index in [1.165, 1.54) is 11.0 Å². The average Bonchev–Trinajstić information content (AvgIpc) is 3.00. The third-order valence-corrected chi connectivity index (χ3v) is 4.52. The predicted molar refractivity (Wildman–Crippen MR) is 93.8 cm³/mol. The van der Waals surface area contributed by atoms with Crippen molar-refractivity contribution in [1.29, 1.82) is 0 Å². The van der Waals surface area contributed by atoms with Crippen molar-refractivity contribution in [1.82, 2.24) is 5.32 Å². The van der Waals surface area contributed by atoms with Gasteiger partial charge in [0.2, 0.25) is 0 Å². The largest absolute Gasteiger partial charge is 0.478 e. The quantitative estimate of drug-likeness (QED) is 0.736. The fourth-order valence-corrected chi connectivity index (χ4v) is 3.02. The van der Waals surface area contributed by atoms with Crippen LogP contribution < -0.4 is 5.32 Å². The van der Waals surface area contributed by atoms with Gasteiger partial charge in [-0.3, -0.25) is 4.79 Å². The number of hydrogen-bond acceptors (Lipinski definition) is 4. The van der Waals surface area contributed by atoms with E-state index in [0.29, 0.717) is 12.2 Å². The molecule has 5 nitrogen and oxygen atoms in total. The van der Waals surface area contributed by atoms with Crippen LogP contribution in [-0.4, -0.2) is 22.7 Å². The molecule has 1 aromatic carbocycles. The van der Waals surface area contributed by atoms with E-state index in [1.54, 1.807) is 18.7 Å². The number of amides is 1. The molecule has 0 saturated carbocycles. The Morgan fingerprint density at radius 1 is 1.25 bits per heavy atom. The molecular weight excluding hydrogens is 326 g/mol. The zero-order valence-corrected chi connectivity index (χ0v) is 14.8. The van der Waals surface area contributed by atoms with E-state index in [-0.39, 0.29) is 17.4 Å². The van der Waals surface area contributed by atoms with E-state index in [9.17, 15) is 9.59 Å². The minimum atomic E-state index is -1.09. The summed E-state index contributed by atoms with van der Waals surface area (Å²) in [4.78, 5) is 24.6. The first-order valence-electron chi connectivity index (χ1n) is 7.85. The van der Waals surface area contributed by atoms with Crippen LogP contribution in [0.1, 0.15) is 59.0 Å². The van der Waals surface area contributed by atoms with Crippen LogP contribution in [0.4, 0.5) is 0 Å². The van der Waals surface area contributed by atoms with Crippen molar-refractivity contribution < 1.29 is 19.1 Å². The molecule has 0 aliphatic heterocycles. The number of carbonyl (C=O) groups is 2. The van der Waals surface area contributed by atoms with Crippen molar-refractivity contribution in [3.63, 3.8) is 0 Å². The van der Waals surface area contributed by atoms with E-state index in [2.05, 4.69) is 12.2 Å². The van der Waals surface area contributed by atoms with Crippen LogP contribution in [0.15, 0.2) is 39.6 Å². The number of nitrogens with one attached hydrogen (secondary N) is 1. The minimum absolute atomic E-state index is 0.0225. The number of benzene rings is 1. The topological polar surface area (TPSA) is 79.5 Å². The predicted octanol–water partition coefficient (Wildman–Crippen LogP) is 4.14. The fourth-order valence-electron chi connectivity index (χ4n) is 2.35. The highest BCUT2D eigenvalue weighted by Gasteiger charge is 2.21. The van der Waals surface area contributed by atoms with Gasteiger partial charge in [-0.15, -0.1) is 11.8 Å². The van der Waals surface area contributed by atoms with Crippen molar-refractivity contribution in [2.75, 3.05) is 5.75 Å². The summed E-state index contributed by atoms with van der Waals surface area (Å²) in [5, 5.41) is 12.0. The molecule has 24 heavy (non-hydrogen) atoms. The van der Waals surface area contributed by atoms with Gasteiger partial charge in [0, 0.05) is 17.4 Å². The molecule has 128 valence electrons. The third-order valence-electron chi connectivity index (χ3n) is 3.62. The van der Waals surface area contributed by atoms with Crippen LogP contribution in [0.3, 0.4) is 0 Å². The van der Waals surface area contributed by atoms with Crippen LogP contribution in [0.2, 0.25) is 0 Å². The minimum Gasteiger partial charge on any atom is -0.478 e. The molecule has 1 aromatic heterocycles. The van der Waals surface area contributed by atoms with Gasteiger partial charge in [0.05, 0.1) is 6.04 Å². The van der Waals surface area contributed by atoms with E-state index in [0.717, 1.165) is 11.3 Å². The zero-order valence-electron chi connectivity index (χ0n) is 14.0. The molecule has 6 heteroatoms. The number of aryl methyl sites for hydroxylation is 1. The van der Waals surface area contributed by atoms with Crippen molar-refractivity contribution in [3.05, 3.63) is 53.0 Å². The van der Waals surface area contributed by atoms with Gasteiger partial charge in [-0.25, -0.2) is 4.79 Å². The summed E-state index contributed by atoms with van der Waals surface area (Å²) >= 11 is 1.76. The standard InChI is InChI=1S/C18H21NO4S/c1-4-15-14(18(21)22)10-16(23-15)17(20)19-11(3)12-6-8-13(9-7-12)24-5-2/h6-11H,4-5H2,1-3H3,(H,19,20)(H,21,22). The number of thioether (sulfide) groups is 1. The maximum atomic E-state index is 12.3. The summed E-state index contributed by atoms with van der Waals surface area (Å²) in [6.45, 7) is 5.76. The highest BCUT2D eigenvalue weighted by Crippen LogP contribution is 2.22. The third kappa shape index (κ3) is 4.20. The maximum absolute atomic E-state index is 12.3. The smallest absolute Gasteiger partial charge is 0.339 e. The molecule has 1 heterocycles. The van der Waals surface area contributed by atoms with Crippen molar-refractivity contribution in [2.24, 2.45) is 0 Å². The molecule has 0 radical (unpaired) electrons.